The van der Waals surface area contributed by atoms with Crippen LogP contribution < -0.4 is 0 Å². The summed E-state index contributed by atoms with van der Waals surface area (Å²) in [6, 6.07) is 0.373. The van der Waals surface area contributed by atoms with Crippen LogP contribution in [0.2, 0.25) is 0 Å². The zero-order valence-electron chi connectivity index (χ0n) is 16.9. The Morgan fingerprint density at radius 3 is 2.52 bits per heavy atom. The van der Waals surface area contributed by atoms with Gasteiger partial charge in [-0.05, 0) is 20.3 Å². The van der Waals surface area contributed by atoms with E-state index in [9.17, 15) is 13.2 Å². The largest absolute Gasteiger partial charge is 0.490 e. The Hall–Kier alpha value is -2.40. The van der Waals surface area contributed by atoms with E-state index in [4.69, 9.17) is 19.7 Å². The van der Waals surface area contributed by atoms with E-state index in [-0.39, 0.29) is 0 Å². The second-order valence-corrected chi connectivity index (χ2v) is 7.13. The molecular weight excluding hydrogens is 391 g/mol. The van der Waals surface area contributed by atoms with Gasteiger partial charge in [-0.3, -0.25) is 14.3 Å². The van der Waals surface area contributed by atoms with Gasteiger partial charge in [0.2, 0.25) is 0 Å². The number of hydrogen-bond donors (Lipinski definition) is 1. The number of aryl methyl sites for hydroxylation is 1. The van der Waals surface area contributed by atoms with Crippen molar-refractivity contribution in [2.75, 3.05) is 13.7 Å². The van der Waals surface area contributed by atoms with Crippen molar-refractivity contribution in [3.05, 3.63) is 34.9 Å². The highest BCUT2D eigenvalue weighted by Gasteiger charge is 2.38. The number of carboxylic acids is 1. The third-order valence-corrected chi connectivity index (χ3v) is 4.43. The molecular formula is C18H26F3N5O3. The summed E-state index contributed by atoms with van der Waals surface area (Å²) in [5, 5.41) is 16.2. The van der Waals surface area contributed by atoms with Gasteiger partial charge in [-0.2, -0.15) is 23.4 Å². The van der Waals surface area contributed by atoms with Crippen molar-refractivity contribution in [2.45, 2.75) is 52.2 Å². The first-order chi connectivity index (χ1) is 13.5. The van der Waals surface area contributed by atoms with Gasteiger partial charge < -0.3 is 9.84 Å². The molecule has 0 unspecified atom stereocenters. The van der Waals surface area contributed by atoms with Crippen LogP contribution in [0.3, 0.4) is 0 Å². The number of aliphatic carboxylic acids is 1. The lowest BCUT2D eigenvalue weighted by Gasteiger charge is -2.28. The van der Waals surface area contributed by atoms with E-state index in [1.807, 2.05) is 17.9 Å². The van der Waals surface area contributed by atoms with Gasteiger partial charge in [0, 0.05) is 57.2 Å². The average Bonchev–Trinajstić information content (AvgIpc) is 3.18. The summed E-state index contributed by atoms with van der Waals surface area (Å²) in [5.41, 5.74) is 5.10. The van der Waals surface area contributed by atoms with E-state index in [1.165, 1.54) is 16.8 Å². The summed E-state index contributed by atoms with van der Waals surface area (Å²) in [6.45, 7) is 7.91. The predicted octanol–water partition coefficient (Wildman–Crippen LogP) is 2.54. The Balaban J connectivity index is 0.000000370. The van der Waals surface area contributed by atoms with E-state index in [0.717, 1.165) is 31.7 Å². The molecule has 0 atom stereocenters. The lowest BCUT2D eigenvalue weighted by Crippen LogP contribution is -2.31. The smallest absolute Gasteiger partial charge is 0.475 e. The number of aromatic nitrogens is 4. The minimum Gasteiger partial charge on any atom is -0.475 e. The number of carbonyl (C=O) groups is 1. The highest BCUT2D eigenvalue weighted by Crippen LogP contribution is 2.26. The molecule has 3 heterocycles. The Kier molecular flexibility index (Phi) is 7.42. The highest BCUT2D eigenvalue weighted by molar-refractivity contribution is 5.73. The van der Waals surface area contributed by atoms with Gasteiger partial charge in [-0.25, -0.2) is 4.79 Å². The minimum absolute atomic E-state index is 0.373. The maximum Gasteiger partial charge on any atom is 0.490 e. The van der Waals surface area contributed by atoms with Gasteiger partial charge in [0.05, 0.1) is 24.2 Å². The number of halogens is 3. The average molecular weight is 417 g/mol. The summed E-state index contributed by atoms with van der Waals surface area (Å²) >= 11 is 0. The SMILES string of the molecule is COCc1nn(C(C)C)c2c1CCN(Cc1cnn(C)c1)C2.O=C(O)C(F)(F)F. The lowest BCUT2D eigenvalue weighted by molar-refractivity contribution is -0.192. The maximum absolute atomic E-state index is 10.6. The Labute approximate surface area is 166 Å². The van der Waals surface area contributed by atoms with Gasteiger partial charge >= 0.3 is 12.1 Å². The van der Waals surface area contributed by atoms with Crippen LogP contribution in [-0.2, 0) is 42.7 Å². The molecule has 2 aromatic rings. The third kappa shape index (κ3) is 6.04. The van der Waals surface area contributed by atoms with Gasteiger partial charge in [0.15, 0.2) is 0 Å². The number of methoxy groups -OCH3 is 1. The van der Waals surface area contributed by atoms with Crippen LogP contribution in [0.15, 0.2) is 12.4 Å². The van der Waals surface area contributed by atoms with Crippen LogP contribution in [0.5, 0.6) is 0 Å². The van der Waals surface area contributed by atoms with E-state index >= 15 is 0 Å². The summed E-state index contributed by atoms with van der Waals surface area (Å²) < 4.78 is 41.1. The maximum atomic E-state index is 10.6. The third-order valence-electron chi connectivity index (χ3n) is 4.43. The van der Waals surface area contributed by atoms with E-state index in [2.05, 4.69) is 34.7 Å². The predicted molar refractivity (Wildman–Crippen MR) is 98.0 cm³/mol. The number of alkyl halides is 3. The Morgan fingerprint density at radius 1 is 1.38 bits per heavy atom. The quantitative estimate of drug-likeness (QED) is 0.805. The number of rotatable bonds is 5. The van der Waals surface area contributed by atoms with Crippen LogP contribution in [0.1, 0.15) is 42.4 Å². The number of fused-ring (bicyclic) bond motifs is 1. The first kappa shape index (κ1) is 22.9. The molecule has 2 aromatic heterocycles. The van der Waals surface area contributed by atoms with Crippen molar-refractivity contribution in [2.24, 2.45) is 7.05 Å². The Bertz CT molecular complexity index is 829. The zero-order valence-corrected chi connectivity index (χ0v) is 16.9. The summed E-state index contributed by atoms with van der Waals surface area (Å²) in [7, 11) is 3.70. The fourth-order valence-corrected chi connectivity index (χ4v) is 3.20. The van der Waals surface area contributed by atoms with E-state index in [1.54, 1.807) is 7.11 Å². The molecule has 0 saturated heterocycles. The molecule has 8 nitrogen and oxygen atoms in total. The molecule has 0 radical (unpaired) electrons. The second-order valence-electron chi connectivity index (χ2n) is 7.13. The number of nitrogens with zero attached hydrogens (tertiary/aromatic N) is 5. The first-order valence-electron chi connectivity index (χ1n) is 9.11. The van der Waals surface area contributed by atoms with Crippen LogP contribution in [-0.4, -0.2) is 55.4 Å². The second kappa shape index (κ2) is 9.40. The topological polar surface area (TPSA) is 85.4 Å². The van der Waals surface area contributed by atoms with Crippen molar-refractivity contribution in [3.8, 4) is 0 Å². The van der Waals surface area contributed by atoms with Crippen LogP contribution in [0.4, 0.5) is 13.2 Å². The summed E-state index contributed by atoms with van der Waals surface area (Å²) in [4.78, 5) is 11.4. The molecule has 1 aliphatic rings. The molecule has 29 heavy (non-hydrogen) atoms. The molecule has 0 spiro atoms. The normalized spacial score (nSPS) is 14.5. The van der Waals surface area contributed by atoms with Gasteiger partial charge in [-0.1, -0.05) is 0 Å². The number of carboxylic acid groups (broad SMARTS) is 1. The lowest BCUT2D eigenvalue weighted by atomic mass is 10.0. The standard InChI is InChI=1S/C16H25N5O.C2HF3O2/c1-12(2)21-16-10-20(9-13-7-17-19(3)8-13)6-5-14(16)15(18-21)11-22-4;3-2(4,5)1(6)7/h7-8,12H,5-6,9-11H2,1-4H3;(H,6,7). The molecule has 0 amide bonds. The fourth-order valence-electron chi connectivity index (χ4n) is 3.20. The monoisotopic (exact) mass is 417 g/mol. The van der Waals surface area contributed by atoms with Gasteiger partial charge in [0.1, 0.15) is 0 Å². The minimum atomic E-state index is -5.08. The van der Waals surface area contributed by atoms with Crippen molar-refractivity contribution in [1.82, 2.24) is 24.5 Å². The van der Waals surface area contributed by atoms with E-state index in [0.29, 0.717) is 12.6 Å². The van der Waals surface area contributed by atoms with Gasteiger partial charge in [-0.15, -0.1) is 0 Å². The molecule has 0 bridgehead atoms. The molecule has 3 rings (SSSR count). The zero-order chi connectivity index (χ0) is 21.8. The van der Waals surface area contributed by atoms with Crippen LogP contribution in [0.25, 0.3) is 0 Å². The van der Waals surface area contributed by atoms with Crippen LogP contribution in [0, 0.1) is 0 Å². The summed E-state index contributed by atoms with van der Waals surface area (Å²) in [5.74, 6) is -2.76. The molecule has 1 N–H and O–H groups in total. The van der Waals surface area contributed by atoms with E-state index < -0.39 is 12.1 Å². The fraction of sp³-hybridized carbons (Fsp3) is 0.611. The molecule has 0 aromatic carbocycles. The Morgan fingerprint density at radius 2 is 2.03 bits per heavy atom. The molecule has 0 saturated carbocycles. The molecule has 162 valence electrons. The number of hydrogen-bond acceptors (Lipinski definition) is 5. The molecule has 0 aliphatic carbocycles. The van der Waals surface area contributed by atoms with Crippen molar-refractivity contribution < 1.29 is 27.8 Å². The molecule has 11 heteroatoms. The van der Waals surface area contributed by atoms with Crippen LogP contribution >= 0.6 is 0 Å². The highest BCUT2D eigenvalue weighted by atomic mass is 19.4. The van der Waals surface area contributed by atoms with Crippen molar-refractivity contribution >= 4 is 5.97 Å². The molecule has 1 aliphatic heterocycles. The number of ether oxygens (including phenoxy) is 1. The van der Waals surface area contributed by atoms with Crippen molar-refractivity contribution in [3.63, 3.8) is 0 Å². The van der Waals surface area contributed by atoms with Crippen molar-refractivity contribution in [1.29, 1.82) is 0 Å². The van der Waals surface area contributed by atoms with Gasteiger partial charge in [0.25, 0.3) is 0 Å². The summed E-state index contributed by atoms with van der Waals surface area (Å²) in [6.07, 6.45) is -0.00175. The first-order valence-corrected chi connectivity index (χ1v) is 9.11. The molecule has 0 fully saturated rings.